The number of carbonyl (C=O) groups is 3. The van der Waals surface area contributed by atoms with Crippen LogP contribution in [0.3, 0.4) is 0 Å². The van der Waals surface area contributed by atoms with Crippen molar-refractivity contribution < 1.29 is 24.2 Å². The van der Waals surface area contributed by atoms with Crippen LogP contribution in [0, 0.1) is 0 Å². The first-order valence-electron chi connectivity index (χ1n) is 12.7. The smallest absolute Gasteiger partial charge is 0.339 e. The molecule has 2 aromatic heterocycles. The van der Waals surface area contributed by atoms with Gasteiger partial charge in [0.1, 0.15) is 17.0 Å². The van der Waals surface area contributed by atoms with E-state index in [4.69, 9.17) is 4.74 Å². The third kappa shape index (κ3) is 5.97. The molecular formula is C29H27N7O5. The molecule has 0 saturated heterocycles. The van der Waals surface area contributed by atoms with E-state index in [9.17, 15) is 19.5 Å². The van der Waals surface area contributed by atoms with Crippen molar-refractivity contribution in [2.24, 2.45) is 0 Å². The first kappa shape index (κ1) is 27.2. The number of anilines is 3. The second kappa shape index (κ2) is 11.4. The van der Waals surface area contributed by atoms with E-state index >= 15 is 0 Å². The molecule has 12 nitrogen and oxygen atoms in total. The van der Waals surface area contributed by atoms with Gasteiger partial charge in [-0.05, 0) is 49.7 Å². The lowest BCUT2D eigenvalue weighted by Crippen LogP contribution is -2.42. The minimum absolute atomic E-state index is 0.0190. The first-order valence-corrected chi connectivity index (χ1v) is 12.7. The van der Waals surface area contributed by atoms with Gasteiger partial charge in [-0.3, -0.25) is 25.4 Å². The van der Waals surface area contributed by atoms with E-state index in [-0.39, 0.29) is 35.5 Å². The Labute approximate surface area is 235 Å². The van der Waals surface area contributed by atoms with Gasteiger partial charge in [-0.25, -0.2) is 9.78 Å². The van der Waals surface area contributed by atoms with Crippen LogP contribution in [0.5, 0.6) is 0 Å². The zero-order valence-corrected chi connectivity index (χ0v) is 22.2. The van der Waals surface area contributed by atoms with Crippen LogP contribution in [-0.4, -0.2) is 44.4 Å². The van der Waals surface area contributed by atoms with Gasteiger partial charge in [-0.1, -0.05) is 30.3 Å². The van der Waals surface area contributed by atoms with Gasteiger partial charge in [0.2, 0.25) is 5.95 Å². The molecule has 4 aromatic rings. The summed E-state index contributed by atoms with van der Waals surface area (Å²) in [4.78, 5) is 50.4. The maximum atomic E-state index is 13.1. The highest BCUT2D eigenvalue weighted by Gasteiger charge is 2.37. The number of ether oxygens (including phenoxy) is 1. The molecule has 2 aromatic carbocycles. The van der Waals surface area contributed by atoms with Crippen molar-refractivity contribution in [3.63, 3.8) is 0 Å². The quantitative estimate of drug-likeness (QED) is 0.161. The molecule has 0 aliphatic carbocycles. The Morgan fingerprint density at radius 2 is 1.78 bits per heavy atom. The van der Waals surface area contributed by atoms with Crippen molar-refractivity contribution >= 4 is 35.2 Å². The molecule has 0 fully saturated rings. The molecule has 0 radical (unpaired) electrons. The average molecular weight is 554 g/mol. The molecule has 41 heavy (non-hydrogen) atoms. The summed E-state index contributed by atoms with van der Waals surface area (Å²) in [5, 5.41) is 16.3. The molecule has 5 N–H and O–H groups in total. The van der Waals surface area contributed by atoms with E-state index in [2.05, 4.69) is 36.4 Å². The number of hydrogen-bond acceptors (Lipinski definition) is 10. The summed E-state index contributed by atoms with van der Waals surface area (Å²) in [5.74, 6) is -1.37. The summed E-state index contributed by atoms with van der Waals surface area (Å²) in [7, 11) is 0. The number of pyridine rings is 1. The van der Waals surface area contributed by atoms with Crippen LogP contribution < -0.4 is 21.5 Å². The van der Waals surface area contributed by atoms with Gasteiger partial charge in [0.25, 0.3) is 11.8 Å². The lowest BCUT2D eigenvalue weighted by atomic mass is 9.95. The number of esters is 1. The highest BCUT2D eigenvalue weighted by Crippen LogP contribution is 2.37. The number of aliphatic hydroxyl groups is 1. The van der Waals surface area contributed by atoms with Crippen LogP contribution in [0.15, 0.2) is 79.3 Å². The number of benzene rings is 2. The first-order chi connectivity index (χ1) is 19.7. The van der Waals surface area contributed by atoms with E-state index in [1.807, 2.05) is 30.3 Å². The largest absolute Gasteiger partial charge is 0.451 e. The van der Waals surface area contributed by atoms with Crippen LogP contribution in [0.2, 0.25) is 0 Å². The second-order valence-corrected chi connectivity index (χ2v) is 9.68. The molecule has 1 atom stereocenters. The van der Waals surface area contributed by atoms with Crippen LogP contribution >= 0.6 is 0 Å². The number of hydrogen-bond donors (Lipinski definition) is 5. The molecule has 3 heterocycles. The molecule has 1 unspecified atom stereocenters. The Morgan fingerprint density at radius 3 is 2.51 bits per heavy atom. The highest BCUT2D eigenvalue weighted by atomic mass is 16.6. The summed E-state index contributed by atoms with van der Waals surface area (Å²) < 4.78 is 5.44. The Bertz CT molecular complexity index is 1600. The fourth-order valence-electron chi connectivity index (χ4n) is 4.32. The predicted molar refractivity (Wildman–Crippen MR) is 149 cm³/mol. The summed E-state index contributed by atoms with van der Waals surface area (Å²) >= 11 is 0. The number of hydrazine groups is 1. The van der Waals surface area contributed by atoms with Crippen LogP contribution in [0.4, 0.5) is 17.5 Å². The average Bonchev–Trinajstić information content (AvgIpc) is 3.22. The van der Waals surface area contributed by atoms with Gasteiger partial charge in [-0.2, -0.15) is 4.98 Å². The third-order valence-corrected chi connectivity index (χ3v) is 6.43. The number of amides is 2. The molecule has 0 saturated carbocycles. The van der Waals surface area contributed by atoms with Crippen molar-refractivity contribution in [2.75, 3.05) is 17.2 Å². The van der Waals surface area contributed by atoms with E-state index in [1.54, 1.807) is 44.2 Å². The predicted octanol–water partition coefficient (Wildman–Crippen LogP) is 3.24. The van der Waals surface area contributed by atoms with Crippen LogP contribution in [0.25, 0.3) is 0 Å². The van der Waals surface area contributed by atoms with Gasteiger partial charge < -0.3 is 20.5 Å². The maximum absolute atomic E-state index is 13.1. The number of cyclic esters (lactones) is 1. The Hall–Kier alpha value is -5.36. The molecule has 2 amide bonds. The number of fused-ring (bicyclic) bond motifs is 1. The van der Waals surface area contributed by atoms with Crippen molar-refractivity contribution in [1.29, 1.82) is 0 Å². The standard InChI is InChI=1S/C29H27N7O5/c1-29(2)22-13-19(10-11-20(22)27(40)41-29)32-28-31-15-21(26(39)36-35-25(38)18-9-6-12-30-14-18)24(34-28)33-23(16-37)17-7-4-3-5-8-17/h3-15,23,37H,16H2,1-2H3,(H,35,38)(H,36,39)(H2,31,32,33,34). The molecule has 5 rings (SSSR count). The number of aliphatic hydroxyl groups excluding tert-OH is 1. The van der Waals surface area contributed by atoms with E-state index < -0.39 is 23.5 Å². The molecule has 1 aliphatic heterocycles. The molecule has 12 heteroatoms. The van der Waals surface area contributed by atoms with Crippen molar-refractivity contribution in [1.82, 2.24) is 25.8 Å². The van der Waals surface area contributed by atoms with Crippen molar-refractivity contribution in [3.8, 4) is 0 Å². The molecule has 1 aliphatic rings. The Kier molecular flexibility index (Phi) is 7.57. The summed E-state index contributed by atoms with van der Waals surface area (Å²) in [6.07, 6.45) is 4.19. The van der Waals surface area contributed by atoms with Gasteiger partial charge in [-0.15, -0.1) is 0 Å². The number of nitrogens with zero attached hydrogens (tertiary/aromatic N) is 3. The maximum Gasteiger partial charge on any atom is 0.339 e. The minimum atomic E-state index is -0.788. The molecule has 0 spiro atoms. The number of rotatable bonds is 8. The summed E-state index contributed by atoms with van der Waals surface area (Å²) in [6.45, 7) is 3.32. The molecule has 208 valence electrons. The van der Waals surface area contributed by atoms with Crippen molar-refractivity contribution in [2.45, 2.75) is 25.5 Å². The van der Waals surface area contributed by atoms with Gasteiger partial charge in [0.05, 0.1) is 23.8 Å². The molecule has 0 bridgehead atoms. The molecular weight excluding hydrogens is 526 g/mol. The second-order valence-electron chi connectivity index (χ2n) is 9.68. The highest BCUT2D eigenvalue weighted by molar-refractivity contribution is 6.01. The Balaban J connectivity index is 1.42. The van der Waals surface area contributed by atoms with E-state index in [1.165, 1.54) is 18.6 Å². The summed E-state index contributed by atoms with van der Waals surface area (Å²) in [5.41, 5.74) is 6.77. The SMILES string of the molecule is CC1(C)OC(=O)c2ccc(Nc3ncc(C(=O)NNC(=O)c4cccnc4)c(NC(CO)c4ccccc4)n3)cc21. The zero-order valence-electron chi connectivity index (χ0n) is 22.2. The fourth-order valence-corrected chi connectivity index (χ4v) is 4.32. The lowest BCUT2D eigenvalue weighted by molar-refractivity contribution is 0.00952. The summed E-state index contributed by atoms with van der Waals surface area (Å²) in [6, 6.07) is 16.9. The minimum Gasteiger partial charge on any atom is -0.451 e. The van der Waals surface area contributed by atoms with E-state index in [0.717, 1.165) is 11.1 Å². The van der Waals surface area contributed by atoms with Crippen LogP contribution in [-0.2, 0) is 10.3 Å². The van der Waals surface area contributed by atoms with Crippen LogP contribution in [0.1, 0.15) is 62.1 Å². The number of aromatic nitrogens is 3. The van der Waals surface area contributed by atoms with Gasteiger partial charge in [0, 0.05) is 29.8 Å². The normalized spacial score (nSPS) is 13.9. The topological polar surface area (TPSA) is 167 Å². The van der Waals surface area contributed by atoms with E-state index in [0.29, 0.717) is 11.3 Å². The third-order valence-electron chi connectivity index (χ3n) is 6.43. The number of nitrogens with one attached hydrogen (secondary N) is 4. The monoisotopic (exact) mass is 553 g/mol. The van der Waals surface area contributed by atoms with Crippen molar-refractivity contribution in [3.05, 3.63) is 107 Å². The van der Waals surface area contributed by atoms with Gasteiger partial charge >= 0.3 is 5.97 Å². The Morgan fingerprint density at radius 1 is 1.00 bits per heavy atom. The lowest BCUT2D eigenvalue weighted by Gasteiger charge is -2.20. The number of carbonyl (C=O) groups excluding carboxylic acids is 3. The zero-order chi connectivity index (χ0) is 29.0. The van der Waals surface area contributed by atoms with Gasteiger partial charge in [0.15, 0.2) is 0 Å². The fraction of sp³-hybridized carbons (Fsp3) is 0.172.